The summed E-state index contributed by atoms with van der Waals surface area (Å²) in [6.07, 6.45) is 0.484. The number of rotatable bonds is 5. The van der Waals surface area contributed by atoms with E-state index < -0.39 is 103 Å². The van der Waals surface area contributed by atoms with Crippen molar-refractivity contribution < 1.29 is 43.7 Å². The Morgan fingerprint density at radius 2 is 1.30 bits per heavy atom. The highest BCUT2D eigenvalue weighted by Gasteiger charge is 2.76. The average Bonchev–Trinajstić information content (AvgIpc) is 3.23. The maximum Gasteiger partial charge on any atom is 0.226 e. The maximum atomic E-state index is 14.4. The molecule has 4 aliphatic rings. The number of carbonyl (C=O) groups is 5. The Balaban J connectivity index is 1.92. The summed E-state index contributed by atoms with van der Waals surface area (Å²) < 4.78 is 13.5. The van der Waals surface area contributed by atoms with Crippen LogP contribution in [0.25, 0.3) is 0 Å². The molecule has 2 aliphatic carbocycles. The van der Waals surface area contributed by atoms with Crippen molar-refractivity contribution in [1.29, 1.82) is 0 Å². The van der Waals surface area contributed by atoms with E-state index in [9.17, 15) is 34.2 Å². The highest BCUT2D eigenvalue weighted by atomic mass is 16.7. The Morgan fingerprint density at radius 1 is 0.787 bits per heavy atom. The number of ether oxygens (including phenoxy) is 2. The van der Waals surface area contributed by atoms with Gasteiger partial charge >= 0.3 is 0 Å². The van der Waals surface area contributed by atoms with Crippen LogP contribution in [-0.4, -0.2) is 50.5 Å². The number of Topliss-reactive ketones (excluding diaryl/α,β-unsaturated/α-hetero) is 5. The summed E-state index contributed by atoms with van der Waals surface area (Å²) in [7, 11) is 0. The molecule has 1 aromatic rings. The van der Waals surface area contributed by atoms with Crippen LogP contribution < -0.4 is 4.74 Å². The van der Waals surface area contributed by atoms with Crippen molar-refractivity contribution in [2.24, 2.45) is 45.3 Å². The third-order valence-corrected chi connectivity index (χ3v) is 12.0. The minimum Gasteiger partial charge on any atom is -0.507 e. The third-order valence-electron chi connectivity index (χ3n) is 12.0. The third kappa shape index (κ3) is 4.26. The molecule has 2 heterocycles. The predicted octanol–water partition coefficient (Wildman–Crippen LogP) is 6.69. The van der Waals surface area contributed by atoms with Crippen molar-refractivity contribution in [3.05, 3.63) is 16.7 Å². The zero-order valence-corrected chi connectivity index (χ0v) is 30.4. The summed E-state index contributed by atoms with van der Waals surface area (Å²) in [5.41, 5.74) is -6.08. The van der Waals surface area contributed by atoms with Gasteiger partial charge < -0.3 is 19.7 Å². The number of aromatic hydroxyl groups is 2. The zero-order valence-electron chi connectivity index (χ0n) is 30.4. The van der Waals surface area contributed by atoms with Gasteiger partial charge in [-0.25, -0.2) is 0 Å². The molecule has 3 fully saturated rings. The minimum atomic E-state index is -1.51. The Kier molecular flexibility index (Phi) is 7.49. The summed E-state index contributed by atoms with van der Waals surface area (Å²) >= 11 is 0. The first-order chi connectivity index (χ1) is 21.1. The molecule has 9 nitrogen and oxygen atoms in total. The summed E-state index contributed by atoms with van der Waals surface area (Å²) in [5, 5.41) is 24.7. The van der Waals surface area contributed by atoms with Gasteiger partial charge in [0.05, 0.1) is 27.8 Å². The highest BCUT2D eigenvalue weighted by molar-refractivity contribution is 6.28. The topological polar surface area (TPSA) is 144 Å². The van der Waals surface area contributed by atoms with Crippen LogP contribution in [0, 0.1) is 45.3 Å². The SMILES string of the molecule is CC(C)C(=O)c1c(O)c([C@@H](C(C)C)C2C(=O)C(C)(C)C(=O)C(C)(C)C2=O)c(O)c2c1O[C@@]13OC(C)(C)C[C@H]1[C@@H]2C(C)(C)C(=O)C3(C)C. The predicted molar refractivity (Wildman–Crippen MR) is 175 cm³/mol. The first kappa shape index (κ1) is 35.2. The second-order valence-electron chi connectivity index (χ2n) is 17.9. The maximum absolute atomic E-state index is 14.4. The molecule has 4 atom stereocenters. The number of phenolic OH excluding ortho intramolecular Hbond substituents is 2. The second-order valence-corrected chi connectivity index (χ2v) is 17.9. The molecule has 2 N–H and O–H groups in total. The second kappa shape index (κ2) is 9.99. The lowest BCUT2D eigenvalue weighted by molar-refractivity contribution is -0.288. The van der Waals surface area contributed by atoms with Crippen molar-refractivity contribution in [3.8, 4) is 17.2 Å². The quantitative estimate of drug-likeness (QED) is 0.263. The van der Waals surface area contributed by atoms with Crippen LogP contribution in [0.2, 0.25) is 0 Å². The molecule has 0 radical (unpaired) electrons. The Bertz CT molecular complexity index is 1610. The van der Waals surface area contributed by atoms with Crippen LogP contribution in [-0.2, 0) is 23.9 Å². The van der Waals surface area contributed by atoms with E-state index in [2.05, 4.69) is 0 Å². The lowest BCUT2D eigenvalue weighted by atomic mass is 9.48. The molecule has 47 heavy (non-hydrogen) atoms. The van der Waals surface area contributed by atoms with Crippen molar-refractivity contribution in [3.63, 3.8) is 0 Å². The summed E-state index contributed by atoms with van der Waals surface area (Å²) in [6.45, 7) is 24.0. The van der Waals surface area contributed by atoms with Gasteiger partial charge in [0.2, 0.25) is 5.79 Å². The van der Waals surface area contributed by atoms with E-state index in [0.717, 1.165) is 0 Å². The monoisotopic (exact) mass is 652 g/mol. The molecule has 1 saturated heterocycles. The molecule has 258 valence electrons. The number of hydrogen-bond acceptors (Lipinski definition) is 9. The van der Waals surface area contributed by atoms with E-state index in [0.29, 0.717) is 6.42 Å². The van der Waals surface area contributed by atoms with Gasteiger partial charge in [-0.1, -0.05) is 41.5 Å². The number of hydrogen-bond donors (Lipinski definition) is 2. The van der Waals surface area contributed by atoms with Crippen LogP contribution >= 0.6 is 0 Å². The Labute approximate surface area is 278 Å². The largest absolute Gasteiger partial charge is 0.507 e. The molecule has 2 aliphatic heterocycles. The molecule has 2 saturated carbocycles. The Morgan fingerprint density at radius 3 is 1.77 bits per heavy atom. The molecule has 0 amide bonds. The van der Waals surface area contributed by atoms with Crippen molar-refractivity contribution in [2.45, 2.75) is 127 Å². The van der Waals surface area contributed by atoms with Crippen molar-refractivity contribution >= 4 is 28.9 Å². The van der Waals surface area contributed by atoms with Crippen LogP contribution in [0.1, 0.15) is 137 Å². The average molecular weight is 653 g/mol. The normalized spacial score (nSPS) is 30.6. The molecule has 1 aromatic carbocycles. The number of fused-ring (bicyclic) bond motifs is 2. The molecular formula is C38H52O9. The van der Waals surface area contributed by atoms with Crippen LogP contribution in [0.5, 0.6) is 17.2 Å². The fraction of sp³-hybridized carbons (Fsp3) is 0.711. The standard InChI is InChI=1S/C38H52O9/c1-16(2)19(21-29(42)35(9,10)31(44)36(11,12)30(21)43)20-26(40)22-24-18-15-33(5,6)47-38(18,37(13,14)32(45)34(24,7)8)46-28(22)23(27(20)41)25(39)17(3)4/h16-19,21,24,40-41H,15H2,1-14H3/t18-,19+,24-,38+/m0/s1. The van der Waals surface area contributed by atoms with Crippen molar-refractivity contribution in [1.82, 2.24) is 0 Å². The zero-order chi connectivity index (χ0) is 35.9. The summed E-state index contributed by atoms with van der Waals surface area (Å²) in [4.78, 5) is 70.3. The number of carbonyl (C=O) groups excluding carboxylic acids is 5. The van der Waals surface area contributed by atoms with E-state index in [-0.39, 0.29) is 28.2 Å². The molecule has 0 spiro atoms. The fourth-order valence-corrected chi connectivity index (χ4v) is 9.75. The van der Waals surface area contributed by atoms with Crippen molar-refractivity contribution in [2.75, 3.05) is 0 Å². The smallest absolute Gasteiger partial charge is 0.226 e. The summed E-state index contributed by atoms with van der Waals surface area (Å²) in [5.74, 6) is -9.56. The van der Waals surface area contributed by atoms with Gasteiger partial charge in [0.1, 0.15) is 22.8 Å². The molecule has 0 aromatic heterocycles. The molecule has 9 heteroatoms. The van der Waals surface area contributed by atoms with E-state index >= 15 is 0 Å². The lowest BCUT2D eigenvalue weighted by Crippen LogP contribution is -2.69. The van der Waals surface area contributed by atoms with Gasteiger partial charge in [0.25, 0.3) is 0 Å². The summed E-state index contributed by atoms with van der Waals surface area (Å²) in [6, 6.07) is 0. The first-order valence-corrected chi connectivity index (χ1v) is 16.9. The van der Waals surface area contributed by atoms with Crippen LogP contribution in [0.3, 0.4) is 0 Å². The van der Waals surface area contributed by atoms with Gasteiger partial charge in [-0.2, -0.15) is 0 Å². The molecule has 0 unspecified atom stereocenters. The van der Waals surface area contributed by atoms with Gasteiger partial charge in [0, 0.05) is 40.2 Å². The Hall–Kier alpha value is -3.07. The van der Waals surface area contributed by atoms with Gasteiger partial charge in [0.15, 0.2) is 28.9 Å². The molecular weight excluding hydrogens is 600 g/mol. The fourth-order valence-electron chi connectivity index (χ4n) is 9.75. The number of phenols is 2. The van der Waals surface area contributed by atoms with E-state index in [1.165, 1.54) is 27.7 Å². The molecule has 2 bridgehead atoms. The van der Waals surface area contributed by atoms with Crippen LogP contribution in [0.4, 0.5) is 0 Å². The van der Waals surface area contributed by atoms with Gasteiger partial charge in [-0.15, -0.1) is 0 Å². The first-order valence-electron chi connectivity index (χ1n) is 16.9. The number of benzene rings is 1. The van der Waals surface area contributed by atoms with E-state index in [1.54, 1.807) is 41.5 Å². The lowest BCUT2D eigenvalue weighted by Gasteiger charge is -2.60. The number of ketones is 5. The van der Waals surface area contributed by atoms with E-state index in [1.807, 2.05) is 27.7 Å². The van der Waals surface area contributed by atoms with Gasteiger partial charge in [-0.3, -0.25) is 24.0 Å². The highest BCUT2D eigenvalue weighted by Crippen LogP contribution is 2.72. The van der Waals surface area contributed by atoms with Gasteiger partial charge in [-0.05, 0) is 67.7 Å². The minimum absolute atomic E-state index is 0.0327. The molecule has 5 rings (SSSR count). The van der Waals surface area contributed by atoms with Crippen LogP contribution in [0.15, 0.2) is 0 Å². The van der Waals surface area contributed by atoms with E-state index in [4.69, 9.17) is 9.47 Å².